The van der Waals surface area contributed by atoms with Crippen molar-refractivity contribution in [3.8, 4) is 0 Å². The molecule has 0 saturated heterocycles. The van der Waals surface area contributed by atoms with Crippen LogP contribution in [0.1, 0.15) is 48.7 Å². The van der Waals surface area contributed by atoms with Crippen LogP contribution >= 0.6 is 0 Å². The van der Waals surface area contributed by atoms with Crippen molar-refractivity contribution in [1.29, 1.82) is 0 Å². The van der Waals surface area contributed by atoms with Crippen molar-refractivity contribution in [2.24, 2.45) is 5.92 Å². The molecule has 0 aliphatic carbocycles. The largest absolute Gasteiger partial charge is 0.103 e. The van der Waals surface area contributed by atoms with Crippen molar-refractivity contribution in [3.63, 3.8) is 0 Å². The number of unbranched alkanes of at least 4 members (excludes halogenated alkanes) is 2. The van der Waals surface area contributed by atoms with Gasteiger partial charge in [-0.3, -0.25) is 0 Å². The first-order chi connectivity index (χ1) is 5.72. The molecule has 60 valence electrons. The maximum atomic E-state index is 7.40. The van der Waals surface area contributed by atoms with Gasteiger partial charge >= 0.3 is 0 Å². The molecule has 1 unspecified atom stereocenters. The van der Waals surface area contributed by atoms with Gasteiger partial charge in [0, 0.05) is 1.37 Å². The molecule has 0 aliphatic heterocycles. The fourth-order valence-corrected chi connectivity index (χ4v) is 0.989. The van der Waals surface area contributed by atoms with E-state index in [-0.39, 0.29) is 5.92 Å². The number of allylic oxidation sites excluding steroid dienone is 1. The summed E-state index contributed by atoms with van der Waals surface area (Å²) in [4.78, 5) is 0. The van der Waals surface area contributed by atoms with Crippen LogP contribution in [0.3, 0.4) is 0 Å². The fraction of sp³-hybridized carbons (Fsp3) is 0.800. The average Bonchev–Trinajstić information content (AvgIpc) is 2.03. The van der Waals surface area contributed by atoms with Crippen LogP contribution in [0.5, 0.6) is 0 Å². The van der Waals surface area contributed by atoms with E-state index in [1.54, 1.807) is 0 Å². The zero-order valence-corrected chi connectivity index (χ0v) is 7.03. The zero-order chi connectivity index (χ0) is 9.40. The lowest BCUT2D eigenvalue weighted by Crippen LogP contribution is -1.92. The highest BCUT2D eigenvalue weighted by Crippen LogP contribution is 2.13. The molecule has 0 aromatic carbocycles. The smallest absolute Gasteiger partial charge is 0.0573 e. The Kier molecular flexibility index (Phi) is 4.42. The summed E-state index contributed by atoms with van der Waals surface area (Å²) in [6, 6.07) is 0.512. The molecule has 0 aromatic heterocycles. The second-order valence-corrected chi connectivity index (χ2v) is 2.69. The average molecular weight is 142 g/mol. The van der Waals surface area contributed by atoms with E-state index >= 15 is 0 Å². The summed E-state index contributed by atoms with van der Waals surface area (Å²) in [5, 5.41) is 0. The van der Waals surface area contributed by atoms with Gasteiger partial charge in [0.15, 0.2) is 0 Å². The molecule has 0 saturated carbocycles. The highest BCUT2D eigenvalue weighted by molar-refractivity contribution is 4.77. The Morgan fingerprint density at radius 2 is 2.50 bits per heavy atom. The maximum absolute atomic E-state index is 7.40. The SMILES string of the molecule is [2H]CCC(CCCCC)C([2H])=C. The van der Waals surface area contributed by atoms with Crippen LogP contribution in [0.4, 0.5) is 0 Å². The Bertz CT molecular complexity index is 121. The first kappa shape index (κ1) is 6.45. The maximum Gasteiger partial charge on any atom is 0.0573 e. The topological polar surface area (TPSA) is 0 Å². The normalized spacial score (nSPS) is 15.7. The second kappa shape index (κ2) is 6.85. The quantitative estimate of drug-likeness (QED) is 0.391. The summed E-state index contributed by atoms with van der Waals surface area (Å²) in [6.07, 6.45) is 5.50. The van der Waals surface area contributed by atoms with E-state index < -0.39 is 0 Å². The number of hydrogen-bond donors (Lipinski definition) is 0. The van der Waals surface area contributed by atoms with Crippen LogP contribution in [-0.2, 0) is 0 Å². The molecule has 0 fully saturated rings. The van der Waals surface area contributed by atoms with Gasteiger partial charge in [-0.1, -0.05) is 39.1 Å². The molecule has 0 N–H and O–H groups in total. The standard InChI is InChI=1S/C10H20/c1-4-7-8-9-10(5-2)6-3/h5,10H,2,4,6-9H2,1,3H3/i3D,5D. The third-order valence-corrected chi connectivity index (χ3v) is 1.79. The Morgan fingerprint density at radius 3 is 3.00 bits per heavy atom. The molecule has 0 nitrogen and oxygen atoms in total. The molecule has 1 atom stereocenters. The van der Waals surface area contributed by atoms with E-state index in [9.17, 15) is 0 Å². The second-order valence-electron chi connectivity index (χ2n) is 2.69. The predicted molar refractivity (Wildman–Crippen MR) is 48.1 cm³/mol. The summed E-state index contributed by atoms with van der Waals surface area (Å²) >= 11 is 0. The Labute approximate surface area is 68.1 Å². The summed E-state index contributed by atoms with van der Waals surface area (Å²) < 4.78 is 14.5. The van der Waals surface area contributed by atoms with Gasteiger partial charge in [0.25, 0.3) is 0 Å². The lowest BCUT2D eigenvalue weighted by Gasteiger charge is -2.07. The van der Waals surface area contributed by atoms with Crippen LogP contribution in [0, 0.1) is 5.92 Å². The van der Waals surface area contributed by atoms with E-state index in [1.165, 1.54) is 19.3 Å². The molecule has 0 heterocycles. The van der Waals surface area contributed by atoms with Crippen molar-refractivity contribution >= 4 is 0 Å². The fourth-order valence-electron chi connectivity index (χ4n) is 0.989. The van der Waals surface area contributed by atoms with Gasteiger partial charge < -0.3 is 0 Å². The van der Waals surface area contributed by atoms with E-state index in [2.05, 4.69) is 13.5 Å². The third kappa shape index (κ3) is 4.60. The summed E-state index contributed by atoms with van der Waals surface area (Å²) in [7, 11) is 0. The minimum Gasteiger partial charge on any atom is -0.103 e. The van der Waals surface area contributed by atoms with Crippen molar-refractivity contribution in [1.82, 2.24) is 0 Å². The molecular formula is C10H20. The van der Waals surface area contributed by atoms with Gasteiger partial charge in [-0.05, 0) is 18.8 Å². The molecule has 0 rings (SSSR count). The molecule has 0 aromatic rings. The molecule has 10 heavy (non-hydrogen) atoms. The number of rotatable bonds is 6. The minimum absolute atomic E-state index is 0.272. The van der Waals surface area contributed by atoms with Gasteiger partial charge in [0.2, 0.25) is 0 Å². The first-order valence-corrected chi connectivity index (χ1v) is 4.17. The first-order valence-electron chi connectivity index (χ1n) is 5.37. The van der Waals surface area contributed by atoms with Crippen molar-refractivity contribution in [2.75, 3.05) is 0 Å². The Morgan fingerprint density at radius 1 is 1.70 bits per heavy atom. The summed E-state index contributed by atoms with van der Waals surface area (Å²) in [5.41, 5.74) is 0. The molecule has 0 spiro atoms. The predicted octanol–water partition coefficient (Wildman–Crippen LogP) is 3.78. The van der Waals surface area contributed by atoms with Crippen molar-refractivity contribution in [3.05, 3.63) is 12.6 Å². The number of hydrogen-bond acceptors (Lipinski definition) is 0. The van der Waals surface area contributed by atoms with E-state index in [0.717, 1.165) is 12.8 Å². The van der Waals surface area contributed by atoms with Crippen molar-refractivity contribution in [2.45, 2.75) is 45.9 Å². The lowest BCUT2D eigenvalue weighted by molar-refractivity contribution is 0.527. The van der Waals surface area contributed by atoms with Gasteiger partial charge in [-0.25, -0.2) is 0 Å². The molecule has 0 radical (unpaired) electrons. The monoisotopic (exact) mass is 142 g/mol. The molecular weight excluding hydrogens is 120 g/mol. The van der Waals surface area contributed by atoms with Crippen LogP contribution in [0.15, 0.2) is 12.6 Å². The van der Waals surface area contributed by atoms with E-state index in [4.69, 9.17) is 2.74 Å². The lowest BCUT2D eigenvalue weighted by atomic mass is 9.99. The van der Waals surface area contributed by atoms with Crippen LogP contribution in [-0.4, -0.2) is 0 Å². The van der Waals surface area contributed by atoms with Crippen LogP contribution in [0.25, 0.3) is 0 Å². The van der Waals surface area contributed by atoms with Gasteiger partial charge in [-0.15, -0.1) is 6.58 Å². The highest BCUT2D eigenvalue weighted by atomic mass is 14.0. The Hall–Kier alpha value is -0.260. The van der Waals surface area contributed by atoms with Crippen LogP contribution < -0.4 is 0 Å². The molecule has 0 bridgehead atoms. The molecule has 0 aliphatic rings. The van der Waals surface area contributed by atoms with E-state index in [1.807, 2.05) is 0 Å². The van der Waals surface area contributed by atoms with Gasteiger partial charge in [-0.2, -0.15) is 0 Å². The van der Waals surface area contributed by atoms with Crippen molar-refractivity contribution < 1.29 is 2.74 Å². The van der Waals surface area contributed by atoms with E-state index in [0.29, 0.717) is 13.0 Å². The van der Waals surface area contributed by atoms with Gasteiger partial charge in [0.05, 0.1) is 1.37 Å². The summed E-state index contributed by atoms with van der Waals surface area (Å²) in [5.74, 6) is 0.272. The zero-order valence-electron chi connectivity index (χ0n) is 9.03. The summed E-state index contributed by atoms with van der Waals surface area (Å²) in [6.45, 7) is 6.24. The Balaban J connectivity index is 3.56. The highest BCUT2D eigenvalue weighted by Gasteiger charge is 1.98. The minimum atomic E-state index is 0.272. The molecule has 0 amide bonds. The van der Waals surface area contributed by atoms with Gasteiger partial charge in [0.1, 0.15) is 0 Å². The van der Waals surface area contributed by atoms with Crippen LogP contribution in [0.2, 0.25) is 0 Å². The molecule has 0 heteroatoms. The third-order valence-electron chi connectivity index (χ3n) is 1.79.